The lowest BCUT2D eigenvalue weighted by Crippen LogP contribution is -2.35. The van der Waals surface area contributed by atoms with Crippen LogP contribution >= 0.6 is 0 Å². The Balaban J connectivity index is 1.67. The molecule has 0 aliphatic carbocycles. The Kier molecular flexibility index (Phi) is 5.65. The number of benzene rings is 1. The van der Waals surface area contributed by atoms with Crippen LogP contribution in [0, 0.1) is 6.92 Å². The number of pyridine rings is 1. The Morgan fingerprint density at radius 3 is 2.41 bits per heavy atom. The SMILES string of the molecule is Cc1ccc(C(=O)NCCNC(=O)Cc2ccccc2)cn1. The van der Waals surface area contributed by atoms with E-state index in [0.29, 0.717) is 25.1 Å². The summed E-state index contributed by atoms with van der Waals surface area (Å²) in [5.41, 5.74) is 2.35. The number of nitrogens with zero attached hydrogens (tertiary/aromatic N) is 1. The van der Waals surface area contributed by atoms with Crippen molar-refractivity contribution in [2.45, 2.75) is 13.3 Å². The molecule has 5 nitrogen and oxygen atoms in total. The predicted molar refractivity (Wildman–Crippen MR) is 84.5 cm³/mol. The molecule has 2 N–H and O–H groups in total. The maximum atomic E-state index is 11.8. The van der Waals surface area contributed by atoms with Gasteiger partial charge < -0.3 is 10.6 Å². The van der Waals surface area contributed by atoms with Crippen LogP contribution in [-0.4, -0.2) is 29.9 Å². The second kappa shape index (κ2) is 7.93. The first kappa shape index (κ1) is 15.7. The second-order valence-electron chi connectivity index (χ2n) is 4.96. The molecule has 2 rings (SSSR count). The van der Waals surface area contributed by atoms with Gasteiger partial charge >= 0.3 is 0 Å². The third-order valence-corrected chi connectivity index (χ3v) is 3.11. The van der Waals surface area contributed by atoms with E-state index in [0.717, 1.165) is 11.3 Å². The number of aryl methyl sites for hydroxylation is 1. The van der Waals surface area contributed by atoms with Crippen molar-refractivity contribution in [3.63, 3.8) is 0 Å². The van der Waals surface area contributed by atoms with Crippen LogP contribution < -0.4 is 10.6 Å². The van der Waals surface area contributed by atoms with Crippen molar-refractivity contribution in [3.8, 4) is 0 Å². The number of rotatable bonds is 6. The molecule has 0 radical (unpaired) electrons. The van der Waals surface area contributed by atoms with E-state index < -0.39 is 0 Å². The number of hydrogen-bond donors (Lipinski definition) is 2. The average Bonchev–Trinajstić information content (AvgIpc) is 2.53. The zero-order valence-corrected chi connectivity index (χ0v) is 12.5. The molecule has 0 saturated carbocycles. The molecule has 2 aromatic rings. The minimum atomic E-state index is -0.190. The van der Waals surface area contributed by atoms with E-state index in [1.807, 2.05) is 37.3 Å². The van der Waals surface area contributed by atoms with Crippen LogP contribution in [0.5, 0.6) is 0 Å². The van der Waals surface area contributed by atoms with E-state index >= 15 is 0 Å². The van der Waals surface area contributed by atoms with Crippen molar-refractivity contribution in [2.75, 3.05) is 13.1 Å². The van der Waals surface area contributed by atoms with Crippen LogP contribution in [0.1, 0.15) is 21.6 Å². The lowest BCUT2D eigenvalue weighted by atomic mass is 10.1. The maximum Gasteiger partial charge on any atom is 0.252 e. The quantitative estimate of drug-likeness (QED) is 0.793. The average molecular weight is 297 g/mol. The molecule has 22 heavy (non-hydrogen) atoms. The van der Waals surface area contributed by atoms with Crippen LogP contribution in [0.4, 0.5) is 0 Å². The largest absolute Gasteiger partial charge is 0.354 e. The molecule has 0 aliphatic heterocycles. The molecule has 0 spiro atoms. The fourth-order valence-electron chi connectivity index (χ4n) is 1.93. The highest BCUT2D eigenvalue weighted by Crippen LogP contribution is 1.99. The first-order valence-corrected chi connectivity index (χ1v) is 7.16. The predicted octanol–water partition coefficient (Wildman–Crippen LogP) is 1.48. The van der Waals surface area contributed by atoms with E-state index in [9.17, 15) is 9.59 Å². The van der Waals surface area contributed by atoms with Gasteiger partial charge in [0.15, 0.2) is 0 Å². The van der Waals surface area contributed by atoms with Crippen LogP contribution in [0.25, 0.3) is 0 Å². The lowest BCUT2D eigenvalue weighted by Gasteiger charge is -2.07. The Labute approximate surface area is 129 Å². The van der Waals surface area contributed by atoms with Gasteiger partial charge in [0.1, 0.15) is 0 Å². The molecule has 0 saturated heterocycles. The highest BCUT2D eigenvalue weighted by Gasteiger charge is 2.06. The minimum absolute atomic E-state index is 0.0579. The van der Waals surface area contributed by atoms with Gasteiger partial charge in [-0.1, -0.05) is 30.3 Å². The number of carbonyl (C=O) groups is 2. The Hall–Kier alpha value is -2.69. The zero-order valence-electron chi connectivity index (χ0n) is 12.5. The summed E-state index contributed by atoms with van der Waals surface area (Å²) in [6, 6.07) is 13.0. The van der Waals surface area contributed by atoms with E-state index in [4.69, 9.17) is 0 Å². The molecule has 0 unspecified atom stereocenters. The summed E-state index contributed by atoms with van der Waals surface area (Å²) in [4.78, 5) is 27.6. The molecule has 1 heterocycles. The highest BCUT2D eigenvalue weighted by molar-refractivity contribution is 5.93. The van der Waals surface area contributed by atoms with Crippen LogP contribution in [0.3, 0.4) is 0 Å². The molecule has 0 aliphatic rings. The fourth-order valence-corrected chi connectivity index (χ4v) is 1.93. The molecule has 5 heteroatoms. The normalized spacial score (nSPS) is 10.0. The Morgan fingerprint density at radius 2 is 1.73 bits per heavy atom. The van der Waals surface area contributed by atoms with Gasteiger partial charge in [0.05, 0.1) is 12.0 Å². The summed E-state index contributed by atoms with van der Waals surface area (Å²) in [7, 11) is 0. The zero-order chi connectivity index (χ0) is 15.8. The molecule has 1 aromatic heterocycles. The third-order valence-electron chi connectivity index (χ3n) is 3.11. The summed E-state index contributed by atoms with van der Waals surface area (Å²) in [5, 5.41) is 5.52. The van der Waals surface area contributed by atoms with Crippen LogP contribution in [-0.2, 0) is 11.2 Å². The number of nitrogens with one attached hydrogen (secondary N) is 2. The number of aromatic nitrogens is 1. The maximum absolute atomic E-state index is 11.8. The minimum Gasteiger partial charge on any atom is -0.354 e. The van der Waals surface area contributed by atoms with Gasteiger partial charge in [-0.2, -0.15) is 0 Å². The fraction of sp³-hybridized carbons (Fsp3) is 0.235. The number of hydrogen-bond acceptors (Lipinski definition) is 3. The van der Waals surface area contributed by atoms with Crippen molar-refractivity contribution < 1.29 is 9.59 Å². The van der Waals surface area contributed by atoms with Crippen LogP contribution in [0.2, 0.25) is 0 Å². The van der Waals surface area contributed by atoms with Gasteiger partial charge in [0.2, 0.25) is 5.91 Å². The van der Waals surface area contributed by atoms with E-state index in [1.165, 1.54) is 0 Å². The van der Waals surface area contributed by atoms with Gasteiger partial charge in [0, 0.05) is 25.0 Å². The van der Waals surface area contributed by atoms with E-state index in [2.05, 4.69) is 15.6 Å². The molecule has 0 atom stereocenters. The highest BCUT2D eigenvalue weighted by atomic mass is 16.2. The summed E-state index contributed by atoms with van der Waals surface area (Å²) in [5.74, 6) is -0.248. The number of carbonyl (C=O) groups excluding carboxylic acids is 2. The molecule has 1 aromatic carbocycles. The lowest BCUT2D eigenvalue weighted by molar-refractivity contribution is -0.120. The molecule has 0 fully saturated rings. The summed E-state index contributed by atoms with van der Waals surface area (Å²) in [6.45, 7) is 2.65. The third kappa shape index (κ3) is 5.01. The summed E-state index contributed by atoms with van der Waals surface area (Å²) >= 11 is 0. The monoisotopic (exact) mass is 297 g/mol. The van der Waals surface area contributed by atoms with Crippen molar-refractivity contribution in [1.82, 2.24) is 15.6 Å². The molecule has 114 valence electrons. The number of amides is 2. The van der Waals surface area contributed by atoms with Crippen molar-refractivity contribution in [2.24, 2.45) is 0 Å². The Morgan fingerprint density at radius 1 is 1.00 bits per heavy atom. The van der Waals surface area contributed by atoms with E-state index in [1.54, 1.807) is 18.3 Å². The summed E-state index contributed by atoms with van der Waals surface area (Å²) < 4.78 is 0. The first-order valence-electron chi connectivity index (χ1n) is 7.16. The van der Waals surface area contributed by atoms with Gasteiger partial charge in [0.25, 0.3) is 5.91 Å². The van der Waals surface area contributed by atoms with Gasteiger partial charge in [-0.15, -0.1) is 0 Å². The Bertz CT molecular complexity index is 624. The smallest absolute Gasteiger partial charge is 0.252 e. The second-order valence-corrected chi connectivity index (χ2v) is 4.96. The molecule has 0 bridgehead atoms. The summed E-state index contributed by atoms with van der Waals surface area (Å²) in [6.07, 6.45) is 1.88. The van der Waals surface area contributed by atoms with Gasteiger partial charge in [-0.05, 0) is 24.6 Å². The van der Waals surface area contributed by atoms with Gasteiger partial charge in [-0.25, -0.2) is 0 Å². The molecule has 2 amide bonds. The van der Waals surface area contributed by atoms with Gasteiger partial charge in [-0.3, -0.25) is 14.6 Å². The molecular formula is C17H19N3O2. The molecular weight excluding hydrogens is 278 g/mol. The van der Waals surface area contributed by atoms with Crippen molar-refractivity contribution in [1.29, 1.82) is 0 Å². The first-order chi connectivity index (χ1) is 10.6. The van der Waals surface area contributed by atoms with Crippen molar-refractivity contribution >= 4 is 11.8 Å². The van der Waals surface area contributed by atoms with E-state index in [-0.39, 0.29) is 11.8 Å². The van der Waals surface area contributed by atoms with Crippen LogP contribution in [0.15, 0.2) is 48.7 Å². The van der Waals surface area contributed by atoms with Crippen molar-refractivity contribution in [3.05, 3.63) is 65.5 Å². The topological polar surface area (TPSA) is 71.1 Å². The standard InChI is InChI=1S/C17H19N3O2/c1-13-7-8-15(12-20-13)17(22)19-10-9-18-16(21)11-14-5-3-2-4-6-14/h2-8,12H,9-11H2,1H3,(H,18,21)(H,19,22).